The summed E-state index contributed by atoms with van der Waals surface area (Å²) in [5.41, 5.74) is 0. The topological polar surface area (TPSA) is 0 Å². The Hall–Kier alpha value is -1.72. The molecule has 36 heavy (non-hydrogen) atoms. The number of benzene rings is 2. The third-order valence-corrected chi connectivity index (χ3v) is 12.5. The largest absolute Gasteiger partial charge is 0.140 e. The predicted molar refractivity (Wildman–Crippen MR) is 171 cm³/mol. The molecule has 4 aromatic heterocycles. The average Bonchev–Trinajstić information content (AvgIpc) is 3.59. The SMILES string of the molecule is CC(C)c1cc2cc3sc(C(C)C)cc3cc2s1.CC(C)c1cc2ccc3cc(C(C)C)sc3c2s1. The van der Waals surface area contributed by atoms with Gasteiger partial charge in [-0.05, 0) is 81.6 Å². The van der Waals surface area contributed by atoms with E-state index in [0.29, 0.717) is 23.7 Å². The lowest BCUT2D eigenvalue weighted by Gasteiger charge is -1.97. The van der Waals surface area contributed by atoms with Crippen molar-refractivity contribution in [1.29, 1.82) is 0 Å². The highest BCUT2D eigenvalue weighted by Crippen LogP contribution is 2.41. The van der Waals surface area contributed by atoms with E-state index in [2.05, 4.69) is 104 Å². The molecule has 4 heterocycles. The van der Waals surface area contributed by atoms with Crippen LogP contribution in [0.1, 0.15) is 98.6 Å². The van der Waals surface area contributed by atoms with Gasteiger partial charge in [-0.2, -0.15) is 0 Å². The lowest BCUT2D eigenvalue weighted by molar-refractivity contribution is 0.890. The second kappa shape index (κ2) is 10.2. The van der Waals surface area contributed by atoms with Gasteiger partial charge in [0.05, 0.1) is 9.40 Å². The summed E-state index contributed by atoms with van der Waals surface area (Å²) in [6.45, 7) is 18.2. The van der Waals surface area contributed by atoms with Crippen molar-refractivity contribution in [3.63, 3.8) is 0 Å². The van der Waals surface area contributed by atoms with Crippen LogP contribution in [0.5, 0.6) is 0 Å². The van der Waals surface area contributed by atoms with E-state index >= 15 is 0 Å². The first-order chi connectivity index (χ1) is 17.1. The van der Waals surface area contributed by atoms with Gasteiger partial charge in [0.15, 0.2) is 0 Å². The van der Waals surface area contributed by atoms with E-state index in [-0.39, 0.29) is 0 Å². The molecule has 188 valence electrons. The van der Waals surface area contributed by atoms with Gasteiger partial charge in [0, 0.05) is 28.9 Å². The molecule has 0 radical (unpaired) electrons. The number of thiophene rings is 4. The molecule has 0 aliphatic carbocycles. The van der Waals surface area contributed by atoms with Gasteiger partial charge in [0.1, 0.15) is 0 Å². The number of fused-ring (bicyclic) bond motifs is 5. The van der Waals surface area contributed by atoms with Crippen molar-refractivity contribution in [1.82, 2.24) is 0 Å². The smallest absolute Gasteiger partial charge is 0.0524 e. The normalized spacial score (nSPS) is 12.3. The van der Waals surface area contributed by atoms with Gasteiger partial charge in [0.2, 0.25) is 0 Å². The van der Waals surface area contributed by atoms with E-state index in [1.807, 2.05) is 45.3 Å². The van der Waals surface area contributed by atoms with Crippen molar-refractivity contribution in [3.8, 4) is 0 Å². The molecule has 0 aliphatic rings. The van der Waals surface area contributed by atoms with E-state index in [1.165, 1.54) is 59.9 Å². The Morgan fingerprint density at radius 2 is 0.694 bits per heavy atom. The van der Waals surface area contributed by atoms with Gasteiger partial charge in [0.25, 0.3) is 0 Å². The first-order valence-electron chi connectivity index (χ1n) is 13.0. The van der Waals surface area contributed by atoms with Crippen LogP contribution in [-0.4, -0.2) is 0 Å². The summed E-state index contributed by atoms with van der Waals surface area (Å²) in [6.07, 6.45) is 0. The quantitative estimate of drug-likeness (QED) is 0.205. The molecule has 0 atom stereocenters. The molecular formula is C32H36S4. The summed E-state index contributed by atoms with van der Waals surface area (Å²) in [5.74, 6) is 2.52. The molecule has 0 aliphatic heterocycles. The number of hydrogen-bond acceptors (Lipinski definition) is 4. The van der Waals surface area contributed by atoms with Gasteiger partial charge in [-0.1, -0.05) is 67.5 Å². The Morgan fingerprint density at radius 1 is 0.389 bits per heavy atom. The fourth-order valence-electron chi connectivity index (χ4n) is 4.38. The highest BCUT2D eigenvalue weighted by atomic mass is 32.1. The van der Waals surface area contributed by atoms with Crippen molar-refractivity contribution in [2.45, 2.75) is 79.1 Å². The van der Waals surface area contributed by atoms with Crippen LogP contribution in [0.25, 0.3) is 40.3 Å². The molecule has 0 N–H and O–H groups in total. The first-order valence-corrected chi connectivity index (χ1v) is 16.3. The molecule has 0 saturated carbocycles. The zero-order chi connectivity index (χ0) is 25.7. The Morgan fingerprint density at radius 3 is 1.03 bits per heavy atom. The van der Waals surface area contributed by atoms with Crippen LogP contribution in [0.2, 0.25) is 0 Å². The van der Waals surface area contributed by atoms with E-state index in [4.69, 9.17) is 0 Å². The van der Waals surface area contributed by atoms with Crippen molar-refractivity contribution >= 4 is 85.7 Å². The Bertz CT molecular complexity index is 1470. The summed E-state index contributed by atoms with van der Waals surface area (Å²) in [7, 11) is 0. The van der Waals surface area contributed by atoms with Gasteiger partial charge in [-0.3, -0.25) is 0 Å². The number of rotatable bonds is 4. The maximum atomic E-state index is 2.36. The molecule has 0 fully saturated rings. The molecule has 0 saturated heterocycles. The fraction of sp³-hybridized carbons (Fsp3) is 0.375. The summed E-state index contributed by atoms with van der Waals surface area (Å²) in [4.78, 5) is 5.98. The second-order valence-electron chi connectivity index (χ2n) is 11.0. The minimum Gasteiger partial charge on any atom is -0.140 e. The molecule has 0 spiro atoms. The van der Waals surface area contributed by atoms with Crippen molar-refractivity contribution in [2.75, 3.05) is 0 Å². The van der Waals surface area contributed by atoms with E-state index in [0.717, 1.165) is 0 Å². The molecule has 0 bridgehead atoms. The summed E-state index contributed by atoms with van der Waals surface area (Å²) in [6, 6.07) is 18.7. The highest BCUT2D eigenvalue weighted by Gasteiger charge is 2.13. The zero-order valence-corrected chi connectivity index (χ0v) is 25.8. The predicted octanol–water partition coefficient (Wildman–Crippen LogP) is 12.7. The van der Waals surface area contributed by atoms with Gasteiger partial charge in [-0.25, -0.2) is 0 Å². The minimum atomic E-state index is 0.627. The minimum absolute atomic E-state index is 0.627. The molecule has 0 nitrogen and oxygen atoms in total. The Kier molecular flexibility index (Phi) is 7.35. The van der Waals surface area contributed by atoms with Crippen molar-refractivity contribution in [2.24, 2.45) is 0 Å². The molecule has 6 rings (SSSR count). The third kappa shape index (κ3) is 5.03. The van der Waals surface area contributed by atoms with Crippen LogP contribution in [-0.2, 0) is 0 Å². The first kappa shape index (κ1) is 25.9. The van der Waals surface area contributed by atoms with Crippen LogP contribution in [0.4, 0.5) is 0 Å². The second-order valence-corrected chi connectivity index (χ2v) is 15.4. The number of hydrogen-bond donors (Lipinski definition) is 0. The molecule has 6 aromatic rings. The Labute approximate surface area is 231 Å². The fourth-order valence-corrected chi connectivity index (χ4v) is 9.05. The van der Waals surface area contributed by atoms with E-state index in [9.17, 15) is 0 Å². The van der Waals surface area contributed by atoms with Crippen LogP contribution in [0, 0.1) is 0 Å². The molecular weight excluding hydrogens is 513 g/mol. The summed E-state index contributed by atoms with van der Waals surface area (Å²) in [5, 5.41) is 5.64. The van der Waals surface area contributed by atoms with Crippen LogP contribution in [0.3, 0.4) is 0 Å². The third-order valence-electron chi connectivity index (χ3n) is 6.68. The summed E-state index contributed by atoms with van der Waals surface area (Å²) >= 11 is 7.83. The molecule has 2 aromatic carbocycles. The summed E-state index contributed by atoms with van der Waals surface area (Å²) < 4.78 is 5.82. The molecule has 4 heteroatoms. The van der Waals surface area contributed by atoms with E-state index in [1.54, 1.807) is 0 Å². The van der Waals surface area contributed by atoms with Crippen molar-refractivity contribution < 1.29 is 0 Å². The van der Waals surface area contributed by atoms with Crippen LogP contribution < -0.4 is 0 Å². The maximum absolute atomic E-state index is 2.36. The standard InChI is InChI=1S/2C16H18S2/c1-9(2)13-5-11-7-16-12(8-15(11)17-13)6-14(18-16)10(3)4;1-9(2)13-7-11-5-6-12-8-14(10(3)4)18-16(12)15(11)17-13/h2*5-10H,1-4H3. The molecule has 0 unspecified atom stereocenters. The lowest BCUT2D eigenvalue weighted by Crippen LogP contribution is -1.77. The van der Waals surface area contributed by atoms with Crippen LogP contribution in [0.15, 0.2) is 48.5 Å². The van der Waals surface area contributed by atoms with Gasteiger partial charge < -0.3 is 0 Å². The maximum Gasteiger partial charge on any atom is 0.0524 e. The van der Waals surface area contributed by atoms with Gasteiger partial charge >= 0.3 is 0 Å². The monoisotopic (exact) mass is 548 g/mol. The Balaban J connectivity index is 0.000000148. The van der Waals surface area contributed by atoms with E-state index < -0.39 is 0 Å². The zero-order valence-electron chi connectivity index (χ0n) is 22.6. The highest BCUT2D eigenvalue weighted by molar-refractivity contribution is 7.27. The lowest BCUT2D eigenvalue weighted by atomic mass is 10.1. The molecule has 0 amide bonds. The van der Waals surface area contributed by atoms with Crippen molar-refractivity contribution in [3.05, 3.63) is 68.0 Å². The van der Waals surface area contributed by atoms with Crippen LogP contribution >= 0.6 is 45.3 Å². The van der Waals surface area contributed by atoms with Gasteiger partial charge in [-0.15, -0.1) is 45.3 Å². The average molecular weight is 549 g/mol.